The number of hydrogen-bond donors (Lipinski definition) is 2. The summed E-state index contributed by atoms with van der Waals surface area (Å²) in [5.41, 5.74) is -0.414. The van der Waals surface area contributed by atoms with Crippen LogP contribution in [0, 0.1) is 5.41 Å². The molecule has 2 N–H and O–H groups in total. The number of carbonyl (C=O) groups is 2. The molecule has 178 valence electrons. The minimum atomic E-state index is -3.04. The van der Waals surface area contributed by atoms with E-state index in [-0.39, 0.29) is 35.7 Å². The lowest BCUT2D eigenvalue weighted by molar-refractivity contribution is -0.121. The van der Waals surface area contributed by atoms with Crippen LogP contribution in [0.5, 0.6) is 11.5 Å². The van der Waals surface area contributed by atoms with Gasteiger partial charge >= 0.3 is 13.2 Å². The summed E-state index contributed by atoms with van der Waals surface area (Å²) < 4.78 is 59.3. The van der Waals surface area contributed by atoms with E-state index < -0.39 is 30.5 Å². The van der Waals surface area contributed by atoms with Crippen molar-refractivity contribution < 1.29 is 36.6 Å². The quantitative estimate of drug-likeness (QED) is 0.432. The summed E-state index contributed by atoms with van der Waals surface area (Å²) in [6, 6.07) is 11.7. The molecule has 6 nitrogen and oxygen atoms in total. The maximum absolute atomic E-state index is 12.7. The number of carbonyl (C=O) groups excluding carboxylic acids is 2. The number of benzene rings is 2. The summed E-state index contributed by atoms with van der Waals surface area (Å²) in [5, 5.41) is 5.18. The van der Waals surface area contributed by atoms with Crippen LogP contribution in [0.4, 0.5) is 28.9 Å². The second kappa shape index (κ2) is 11.0. The van der Waals surface area contributed by atoms with Crippen LogP contribution in [0.1, 0.15) is 38.5 Å². The lowest BCUT2D eigenvalue weighted by atomic mass is 9.79. The van der Waals surface area contributed by atoms with Crippen molar-refractivity contribution in [1.29, 1.82) is 0 Å². The highest BCUT2D eigenvalue weighted by atomic mass is 19.3. The van der Waals surface area contributed by atoms with Crippen molar-refractivity contribution in [3.8, 4) is 11.5 Å². The van der Waals surface area contributed by atoms with Crippen molar-refractivity contribution in [2.45, 2.75) is 51.7 Å². The standard InChI is InChI=1S/C23H24F4N2O4/c24-21(25)32-17-9-3-1-7-15(17)28-19(30)13-23(11-5-6-12-23)14-20(31)29-16-8-2-4-10-18(16)33-22(26)27/h1-4,7-10,21-22H,5-6,11-14H2,(H,28,30)(H,29,31). The van der Waals surface area contributed by atoms with Gasteiger partial charge in [-0.1, -0.05) is 37.1 Å². The predicted molar refractivity (Wildman–Crippen MR) is 114 cm³/mol. The largest absolute Gasteiger partial charge is 0.433 e. The molecule has 0 aromatic heterocycles. The third kappa shape index (κ3) is 7.10. The summed E-state index contributed by atoms with van der Waals surface area (Å²) in [4.78, 5) is 25.5. The van der Waals surface area contributed by atoms with E-state index in [1.807, 2.05) is 0 Å². The average molecular weight is 468 g/mol. The maximum Gasteiger partial charge on any atom is 0.387 e. The van der Waals surface area contributed by atoms with Crippen molar-refractivity contribution in [2.24, 2.45) is 5.41 Å². The fraction of sp³-hybridized carbons (Fsp3) is 0.391. The zero-order valence-electron chi connectivity index (χ0n) is 17.7. The van der Waals surface area contributed by atoms with Gasteiger partial charge in [0.05, 0.1) is 11.4 Å². The van der Waals surface area contributed by atoms with Crippen molar-refractivity contribution >= 4 is 23.2 Å². The molecule has 0 aliphatic heterocycles. The first-order valence-corrected chi connectivity index (χ1v) is 10.4. The first kappa shape index (κ1) is 24.3. The summed E-state index contributed by atoms with van der Waals surface area (Å²) >= 11 is 0. The Labute approximate surface area is 188 Å². The highest BCUT2D eigenvalue weighted by Crippen LogP contribution is 2.45. The highest BCUT2D eigenvalue weighted by molar-refractivity contribution is 5.95. The van der Waals surface area contributed by atoms with E-state index in [0.717, 1.165) is 12.8 Å². The first-order chi connectivity index (χ1) is 15.8. The summed E-state index contributed by atoms with van der Waals surface area (Å²) in [6.45, 7) is -6.07. The van der Waals surface area contributed by atoms with Crippen LogP contribution < -0.4 is 20.1 Å². The number of hydrogen-bond acceptors (Lipinski definition) is 4. The second-order valence-electron chi connectivity index (χ2n) is 7.91. The van der Waals surface area contributed by atoms with Crippen LogP contribution in [0.15, 0.2) is 48.5 Å². The van der Waals surface area contributed by atoms with Gasteiger partial charge in [-0.15, -0.1) is 0 Å². The van der Waals surface area contributed by atoms with Gasteiger partial charge in [-0.25, -0.2) is 0 Å². The molecule has 10 heteroatoms. The smallest absolute Gasteiger partial charge is 0.387 e. The van der Waals surface area contributed by atoms with E-state index in [4.69, 9.17) is 0 Å². The summed E-state index contributed by atoms with van der Waals surface area (Å²) in [5.74, 6) is -1.18. The number of amides is 2. The van der Waals surface area contributed by atoms with E-state index in [9.17, 15) is 27.2 Å². The van der Waals surface area contributed by atoms with Crippen LogP contribution in [-0.2, 0) is 9.59 Å². The molecule has 0 saturated heterocycles. The van der Waals surface area contributed by atoms with E-state index in [1.165, 1.54) is 36.4 Å². The third-order valence-electron chi connectivity index (χ3n) is 5.49. The third-order valence-corrected chi connectivity index (χ3v) is 5.49. The lowest BCUT2D eigenvalue weighted by Gasteiger charge is -2.28. The van der Waals surface area contributed by atoms with Crippen molar-refractivity contribution in [3.63, 3.8) is 0 Å². The van der Waals surface area contributed by atoms with Gasteiger partial charge in [-0.05, 0) is 42.5 Å². The molecule has 1 saturated carbocycles. The van der Waals surface area contributed by atoms with Crippen LogP contribution in [-0.4, -0.2) is 25.0 Å². The topological polar surface area (TPSA) is 76.7 Å². The second-order valence-corrected chi connectivity index (χ2v) is 7.91. The van der Waals surface area contributed by atoms with Gasteiger partial charge in [-0.2, -0.15) is 17.6 Å². The number of nitrogens with one attached hydrogen (secondary N) is 2. The lowest BCUT2D eigenvalue weighted by Crippen LogP contribution is -2.30. The van der Waals surface area contributed by atoms with Gasteiger partial charge in [0.2, 0.25) is 11.8 Å². The average Bonchev–Trinajstić information content (AvgIpc) is 3.17. The molecule has 1 aliphatic carbocycles. The molecule has 2 amide bonds. The predicted octanol–water partition coefficient (Wildman–Crippen LogP) is 5.81. The Morgan fingerprint density at radius 2 is 1.15 bits per heavy atom. The van der Waals surface area contributed by atoms with Gasteiger partial charge in [0.15, 0.2) is 0 Å². The SMILES string of the molecule is O=C(CC1(CC(=O)Nc2ccccc2OC(F)F)CCCC1)Nc1ccccc1OC(F)F. The minimum Gasteiger partial charge on any atom is -0.433 e. The van der Waals surface area contributed by atoms with E-state index in [0.29, 0.717) is 12.8 Å². The van der Waals surface area contributed by atoms with Crippen molar-refractivity contribution in [3.05, 3.63) is 48.5 Å². The Balaban J connectivity index is 1.66. The molecular weight excluding hydrogens is 444 g/mol. The number of rotatable bonds is 10. The molecule has 0 atom stereocenters. The zero-order chi connectivity index (χ0) is 23.8. The summed E-state index contributed by atoms with van der Waals surface area (Å²) in [6.07, 6.45) is 2.90. The molecule has 0 spiro atoms. The minimum absolute atomic E-state index is 0.00138. The fourth-order valence-corrected chi connectivity index (χ4v) is 4.15. The van der Waals surface area contributed by atoms with E-state index >= 15 is 0 Å². The zero-order valence-corrected chi connectivity index (χ0v) is 17.7. The molecule has 1 aliphatic rings. The van der Waals surface area contributed by atoms with E-state index in [2.05, 4.69) is 20.1 Å². The molecule has 2 aromatic carbocycles. The van der Waals surface area contributed by atoms with Crippen molar-refractivity contribution in [2.75, 3.05) is 10.6 Å². The Bertz CT molecular complexity index is 893. The number of alkyl halides is 4. The molecule has 0 radical (unpaired) electrons. The Hall–Kier alpha value is -3.30. The van der Waals surface area contributed by atoms with Gasteiger partial charge in [-0.3, -0.25) is 9.59 Å². The molecule has 0 bridgehead atoms. The molecule has 1 fully saturated rings. The molecule has 0 heterocycles. The van der Waals surface area contributed by atoms with E-state index in [1.54, 1.807) is 12.1 Å². The molecule has 33 heavy (non-hydrogen) atoms. The van der Waals surface area contributed by atoms with Gasteiger partial charge in [0, 0.05) is 12.8 Å². The van der Waals surface area contributed by atoms with Crippen LogP contribution in [0.3, 0.4) is 0 Å². The van der Waals surface area contributed by atoms with Crippen LogP contribution >= 0.6 is 0 Å². The Kier molecular flexibility index (Phi) is 8.13. The van der Waals surface area contributed by atoms with Gasteiger partial charge < -0.3 is 20.1 Å². The van der Waals surface area contributed by atoms with Gasteiger partial charge in [0.1, 0.15) is 11.5 Å². The van der Waals surface area contributed by atoms with Crippen LogP contribution in [0.25, 0.3) is 0 Å². The van der Waals surface area contributed by atoms with Crippen molar-refractivity contribution in [1.82, 2.24) is 0 Å². The Morgan fingerprint density at radius 1 is 0.758 bits per heavy atom. The number of ether oxygens (including phenoxy) is 2. The fourth-order valence-electron chi connectivity index (χ4n) is 4.15. The number of anilines is 2. The normalized spacial score (nSPS) is 14.8. The highest BCUT2D eigenvalue weighted by Gasteiger charge is 2.38. The number of para-hydroxylation sites is 4. The monoisotopic (exact) mass is 468 g/mol. The summed E-state index contributed by atoms with van der Waals surface area (Å²) in [7, 11) is 0. The Morgan fingerprint density at radius 3 is 1.55 bits per heavy atom. The molecular formula is C23H24F4N2O4. The molecule has 2 aromatic rings. The molecule has 3 rings (SSSR count). The van der Waals surface area contributed by atoms with Crippen LogP contribution in [0.2, 0.25) is 0 Å². The molecule has 0 unspecified atom stereocenters. The number of halogens is 4. The van der Waals surface area contributed by atoms with Gasteiger partial charge in [0.25, 0.3) is 0 Å². The maximum atomic E-state index is 12.7. The first-order valence-electron chi connectivity index (χ1n) is 10.4.